The Balaban J connectivity index is 2.11. The van der Waals surface area contributed by atoms with E-state index in [1.54, 1.807) is 24.5 Å². The van der Waals surface area contributed by atoms with Gasteiger partial charge in [0.1, 0.15) is 0 Å². The number of carbonyl (C=O) groups excluding carboxylic acids is 1. The predicted octanol–water partition coefficient (Wildman–Crippen LogP) is 2.48. The first kappa shape index (κ1) is 12.0. The molecule has 3 rings (SSSR count). The molecule has 0 bridgehead atoms. The van der Waals surface area contributed by atoms with Crippen LogP contribution in [0.15, 0.2) is 42.7 Å². The highest BCUT2D eigenvalue weighted by Crippen LogP contribution is 2.35. The fraction of sp³-hybridized carbons (Fsp3) is 0. The molecule has 2 heterocycles. The monoisotopic (exact) mass is 267 g/mol. The third kappa shape index (κ3) is 2.03. The Morgan fingerprint density at radius 3 is 2.85 bits per heavy atom. The largest absolute Gasteiger partial charge is 0.321 e. The maximum atomic E-state index is 11.9. The van der Waals surface area contributed by atoms with Gasteiger partial charge in [-0.2, -0.15) is 0 Å². The zero-order valence-corrected chi connectivity index (χ0v) is 10.2. The highest BCUT2D eigenvalue weighted by Gasteiger charge is 2.26. The highest BCUT2D eigenvalue weighted by atomic mass is 16.6. The number of anilines is 1. The normalized spacial score (nSPS) is 15.0. The molecule has 6 heteroatoms. The van der Waals surface area contributed by atoms with Gasteiger partial charge in [-0.25, -0.2) is 0 Å². The number of nitro benzene ring substituents is 1. The Morgan fingerprint density at radius 2 is 2.15 bits per heavy atom. The molecule has 98 valence electrons. The van der Waals surface area contributed by atoms with Gasteiger partial charge < -0.3 is 5.32 Å². The molecule has 2 aromatic rings. The lowest BCUT2D eigenvalue weighted by Gasteiger charge is -1.99. The van der Waals surface area contributed by atoms with Crippen molar-refractivity contribution in [2.45, 2.75) is 0 Å². The van der Waals surface area contributed by atoms with E-state index in [4.69, 9.17) is 0 Å². The molecule has 6 nitrogen and oxygen atoms in total. The molecule has 0 atom stereocenters. The van der Waals surface area contributed by atoms with Gasteiger partial charge in [-0.1, -0.05) is 6.07 Å². The van der Waals surface area contributed by atoms with Gasteiger partial charge in [-0.3, -0.25) is 19.9 Å². The van der Waals surface area contributed by atoms with E-state index in [0.717, 1.165) is 5.56 Å². The van der Waals surface area contributed by atoms with Gasteiger partial charge >= 0.3 is 0 Å². The number of hydrogen-bond donors (Lipinski definition) is 1. The van der Waals surface area contributed by atoms with E-state index >= 15 is 0 Å². The summed E-state index contributed by atoms with van der Waals surface area (Å²) in [4.78, 5) is 26.3. The number of aromatic nitrogens is 1. The van der Waals surface area contributed by atoms with Crippen LogP contribution in [0.4, 0.5) is 11.4 Å². The number of pyridine rings is 1. The molecule has 0 spiro atoms. The Bertz CT molecular complexity index is 739. The van der Waals surface area contributed by atoms with Crippen LogP contribution in [0.1, 0.15) is 11.1 Å². The number of carbonyl (C=O) groups is 1. The van der Waals surface area contributed by atoms with E-state index in [2.05, 4.69) is 10.3 Å². The van der Waals surface area contributed by atoms with E-state index in [9.17, 15) is 14.9 Å². The molecule has 1 aromatic carbocycles. The van der Waals surface area contributed by atoms with Crippen molar-refractivity contribution in [3.05, 3.63) is 64.0 Å². The first-order chi connectivity index (χ1) is 9.65. The summed E-state index contributed by atoms with van der Waals surface area (Å²) >= 11 is 0. The summed E-state index contributed by atoms with van der Waals surface area (Å²) in [5.41, 5.74) is 2.23. The Kier molecular flexibility index (Phi) is 2.76. The lowest BCUT2D eigenvalue weighted by atomic mass is 10.0. The quantitative estimate of drug-likeness (QED) is 0.514. The van der Waals surface area contributed by atoms with Gasteiger partial charge in [-0.05, 0) is 23.8 Å². The third-order valence-electron chi connectivity index (χ3n) is 2.99. The van der Waals surface area contributed by atoms with Crippen molar-refractivity contribution in [1.29, 1.82) is 0 Å². The molecule has 20 heavy (non-hydrogen) atoms. The molecule has 0 radical (unpaired) electrons. The number of benzene rings is 1. The maximum Gasteiger partial charge on any atom is 0.270 e. The van der Waals surface area contributed by atoms with Gasteiger partial charge in [0.05, 0.1) is 4.92 Å². The Hall–Kier alpha value is -3.02. The average molecular weight is 267 g/mol. The average Bonchev–Trinajstić information content (AvgIpc) is 2.75. The maximum absolute atomic E-state index is 11.9. The van der Waals surface area contributed by atoms with Crippen LogP contribution in [-0.2, 0) is 4.79 Å². The number of hydrogen-bond acceptors (Lipinski definition) is 4. The van der Waals surface area contributed by atoms with E-state index in [-0.39, 0.29) is 11.6 Å². The molecule has 0 unspecified atom stereocenters. The van der Waals surface area contributed by atoms with Crippen molar-refractivity contribution in [3.63, 3.8) is 0 Å². The number of nitro groups is 1. The number of nitrogens with zero attached hydrogens (tertiary/aromatic N) is 2. The minimum atomic E-state index is -0.481. The number of amides is 1. The fourth-order valence-corrected chi connectivity index (χ4v) is 2.06. The number of fused-ring (bicyclic) bond motifs is 1. The topological polar surface area (TPSA) is 85.1 Å². The second-order valence-electron chi connectivity index (χ2n) is 4.29. The van der Waals surface area contributed by atoms with Crippen molar-refractivity contribution in [2.75, 3.05) is 5.32 Å². The summed E-state index contributed by atoms with van der Waals surface area (Å²) < 4.78 is 0. The van der Waals surface area contributed by atoms with Crippen LogP contribution in [0.3, 0.4) is 0 Å². The lowest BCUT2D eigenvalue weighted by Crippen LogP contribution is -2.03. The second kappa shape index (κ2) is 4.58. The summed E-state index contributed by atoms with van der Waals surface area (Å²) in [5, 5.41) is 13.5. The van der Waals surface area contributed by atoms with Crippen LogP contribution in [-0.4, -0.2) is 15.8 Å². The minimum Gasteiger partial charge on any atom is -0.321 e. The Labute approximate surface area is 113 Å². The molecular formula is C14H9N3O3. The molecule has 0 saturated heterocycles. The highest BCUT2D eigenvalue weighted by molar-refractivity contribution is 6.35. The molecule has 1 N–H and O–H groups in total. The van der Waals surface area contributed by atoms with E-state index < -0.39 is 4.92 Å². The molecule has 1 aliphatic rings. The zero-order chi connectivity index (χ0) is 14.1. The Morgan fingerprint density at radius 1 is 1.30 bits per heavy atom. The standard InChI is InChI=1S/C14H9N3O3/c18-14-12(6-9-2-1-5-15-8-9)11-7-10(17(19)20)3-4-13(11)16-14/h1-8H,(H,16,18). The smallest absolute Gasteiger partial charge is 0.270 e. The van der Waals surface area contributed by atoms with Crippen LogP contribution in [0.25, 0.3) is 11.6 Å². The van der Waals surface area contributed by atoms with Gasteiger partial charge in [0.25, 0.3) is 11.6 Å². The lowest BCUT2D eigenvalue weighted by molar-refractivity contribution is -0.384. The summed E-state index contributed by atoms with van der Waals surface area (Å²) in [6.07, 6.45) is 4.92. The first-order valence-electron chi connectivity index (χ1n) is 5.87. The molecule has 1 aliphatic heterocycles. The van der Waals surface area contributed by atoms with Crippen LogP contribution < -0.4 is 5.32 Å². The first-order valence-corrected chi connectivity index (χ1v) is 5.87. The molecule has 1 amide bonds. The molecule has 0 saturated carbocycles. The zero-order valence-electron chi connectivity index (χ0n) is 10.2. The van der Waals surface area contributed by atoms with Crippen molar-refractivity contribution < 1.29 is 9.72 Å². The van der Waals surface area contributed by atoms with Crippen LogP contribution in [0.5, 0.6) is 0 Å². The third-order valence-corrected chi connectivity index (χ3v) is 2.99. The van der Waals surface area contributed by atoms with Crippen molar-refractivity contribution in [2.24, 2.45) is 0 Å². The summed E-state index contributed by atoms with van der Waals surface area (Å²) in [6, 6.07) is 7.87. The van der Waals surface area contributed by atoms with Gasteiger partial charge in [0.15, 0.2) is 0 Å². The molecular weight excluding hydrogens is 258 g/mol. The number of nitrogens with one attached hydrogen (secondary N) is 1. The summed E-state index contributed by atoms with van der Waals surface area (Å²) in [7, 11) is 0. The van der Waals surface area contributed by atoms with Gasteiger partial charge in [0, 0.05) is 41.4 Å². The summed E-state index contributed by atoms with van der Waals surface area (Å²) in [5.74, 6) is -0.274. The van der Waals surface area contributed by atoms with Gasteiger partial charge in [0.2, 0.25) is 0 Å². The molecule has 1 aromatic heterocycles. The van der Waals surface area contributed by atoms with Crippen LogP contribution in [0.2, 0.25) is 0 Å². The minimum absolute atomic E-state index is 0.0441. The van der Waals surface area contributed by atoms with Crippen LogP contribution in [0, 0.1) is 10.1 Å². The summed E-state index contributed by atoms with van der Waals surface area (Å²) in [6.45, 7) is 0. The second-order valence-corrected chi connectivity index (χ2v) is 4.29. The van der Waals surface area contributed by atoms with Crippen LogP contribution >= 0.6 is 0 Å². The van der Waals surface area contributed by atoms with E-state index in [1.165, 1.54) is 18.2 Å². The van der Waals surface area contributed by atoms with E-state index in [0.29, 0.717) is 16.8 Å². The van der Waals surface area contributed by atoms with Gasteiger partial charge in [-0.15, -0.1) is 0 Å². The fourth-order valence-electron chi connectivity index (χ4n) is 2.06. The number of non-ortho nitro benzene ring substituents is 1. The number of rotatable bonds is 2. The van der Waals surface area contributed by atoms with Crippen molar-refractivity contribution in [3.8, 4) is 0 Å². The van der Waals surface area contributed by atoms with Crippen molar-refractivity contribution >= 4 is 28.9 Å². The molecule has 0 fully saturated rings. The van der Waals surface area contributed by atoms with Crippen molar-refractivity contribution in [1.82, 2.24) is 4.98 Å². The predicted molar refractivity (Wildman–Crippen MR) is 73.8 cm³/mol. The van der Waals surface area contributed by atoms with E-state index in [1.807, 2.05) is 6.07 Å². The SMILES string of the molecule is O=C1Nc2ccc([N+](=O)[O-])cc2C1=Cc1cccnc1. The molecule has 0 aliphatic carbocycles.